The van der Waals surface area contributed by atoms with E-state index in [0.29, 0.717) is 65.9 Å². The highest BCUT2D eigenvalue weighted by atomic mass is 35.5. The standard InChI is InChI=1S/C63H68ClF2N15O11/c1-6-89-19-16-79-35-52(73-75-79)39-23-40(53-36-80(76-74-53)17-20-91-22-21-90-18-13-56(82)71-32-42-27-50(51(64)33-70-42)61(86)72-34-57(83)81-37-63(65,66)30-45(81)31-67)25-41(24-39)60(85)69-15-14-68-59(84)38-7-10-46(49(26-38)62(87)88)58-47-11-8-43(77(2)3)28-54(47)92-55-29-44(78(4)5)9-12-48(55)58/h7-12,23-29,33,35-36,45,47,58H,6,13-22,30,32,34,37H2,1-5H3,(H4-,68,69,71,72,82,84,85,86,87,88)/p+1/t45-,47?,58?/m1/s1. The second-order valence-corrected chi connectivity index (χ2v) is 22.5. The van der Waals surface area contributed by atoms with Crippen molar-refractivity contribution in [3.8, 4) is 34.3 Å². The number of amides is 5. The number of likely N-dealkylation sites (tertiary alicyclic amines) is 1. The molecule has 0 saturated carbocycles. The summed E-state index contributed by atoms with van der Waals surface area (Å²) in [5, 5.41) is 47.7. The van der Waals surface area contributed by atoms with Crippen LogP contribution in [0.2, 0.25) is 5.02 Å². The first-order chi connectivity index (χ1) is 44.2. The summed E-state index contributed by atoms with van der Waals surface area (Å²) < 4.78 is 56.1. The maximum absolute atomic E-state index is 13.9. The highest BCUT2D eigenvalue weighted by Gasteiger charge is 2.47. The van der Waals surface area contributed by atoms with Crippen LogP contribution in [0, 0.1) is 17.2 Å². The molecule has 2 unspecified atom stereocenters. The molecule has 5 N–H and O–H groups in total. The summed E-state index contributed by atoms with van der Waals surface area (Å²) in [6.07, 6.45) is 9.83. The summed E-state index contributed by atoms with van der Waals surface area (Å²) in [6.45, 7) is 2.70. The van der Waals surface area contributed by atoms with Gasteiger partial charge in [0.1, 0.15) is 43.0 Å². The van der Waals surface area contributed by atoms with E-state index in [1.54, 1.807) is 52.1 Å². The Balaban J connectivity index is 0.749. The average Bonchev–Trinajstić information content (AvgIpc) is 1.01. The van der Waals surface area contributed by atoms with Gasteiger partial charge in [0.2, 0.25) is 17.5 Å². The summed E-state index contributed by atoms with van der Waals surface area (Å²) in [6, 6.07) is 17.4. The topological polar surface area (TPSA) is 315 Å². The number of anilines is 1. The molecule has 3 aliphatic rings. The quantitative estimate of drug-likeness (QED) is 0.0327. The number of carboxylic acids is 1. The highest BCUT2D eigenvalue weighted by molar-refractivity contribution is 6.33. The first-order valence-electron chi connectivity index (χ1n) is 29.5. The van der Waals surface area contributed by atoms with Crippen LogP contribution in [0.3, 0.4) is 0 Å². The number of nitrogens with one attached hydrogen (secondary N) is 4. The number of aromatic carboxylic acids is 1. The van der Waals surface area contributed by atoms with E-state index in [0.717, 1.165) is 21.9 Å². The number of allylic oxidation sites excluding steroid dienone is 3. The van der Waals surface area contributed by atoms with E-state index in [-0.39, 0.29) is 97.3 Å². The fraction of sp³-hybridized carbons (Fsp3) is 0.381. The lowest BCUT2D eigenvalue weighted by atomic mass is 9.74. The number of pyridine rings is 1. The van der Waals surface area contributed by atoms with E-state index in [2.05, 4.69) is 46.9 Å². The minimum Gasteiger partial charge on any atom is -0.478 e. The van der Waals surface area contributed by atoms with Crippen LogP contribution >= 0.6 is 11.6 Å². The molecule has 3 atom stereocenters. The van der Waals surface area contributed by atoms with Gasteiger partial charge in [-0.15, -0.1) is 10.2 Å². The summed E-state index contributed by atoms with van der Waals surface area (Å²) in [4.78, 5) is 85.4. The molecule has 0 radical (unpaired) electrons. The summed E-state index contributed by atoms with van der Waals surface area (Å²) in [5.74, 6) is -6.85. The van der Waals surface area contributed by atoms with E-state index >= 15 is 0 Å². The minimum absolute atomic E-state index is 0.00362. The maximum atomic E-state index is 13.9. The number of carbonyl (C=O) groups excluding carboxylic acids is 5. The molecule has 0 spiro atoms. The molecule has 0 bridgehead atoms. The number of carboxylic acid groups (broad SMARTS) is 1. The van der Waals surface area contributed by atoms with Crippen LogP contribution in [0.1, 0.15) is 83.9 Å². The van der Waals surface area contributed by atoms with Gasteiger partial charge in [-0.25, -0.2) is 27.5 Å². The van der Waals surface area contributed by atoms with Gasteiger partial charge in [-0.2, -0.15) is 5.26 Å². The Kier molecular flexibility index (Phi) is 22.0. The maximum Gasteiger partial charge on any atom is 0.336 e. The molecule has 3 aromatic heterocycles. The Morgan fingerprint density at radius 2 is 1.48 bits per heavy atom. The van der Waals surface area contributed by atoms with Gasteiger partial charge in [-0.3, -0.25) is 29.0 Å². The summed E-state index contributed by atoms with van der Waals surface area (Å²) in [5.41, 5.74) is 5.81. The van der Waals surface area contributed by atoms with Crippen molar-refractivity contribution in [3.63, 3.8) is 0 Å². The molecular formula is C63H69ClF2N15O11+. The van der Waals surface area contributed by atoms with E-state index in [1.165, 1.54) is 18.3 Å². The number of rotatable bonds is 28. The van der Waals surface area contributed by atoms with Gasteiger partial charge >= 0.3 is 5.97 Å². The van der Waals surface area contributed by atoms with Crippen molar-refractivity contribution in [1.82, 2.24) is 61.1 Å². The van der Waals surface area contributed by atoms with Crippen molar-refractivity contribution in [3.05, 3.63) is 147 Å². The molecule has 1 saturated heterocycles. The molecule has 3 aromatic carbocycles. The number of carbonyl (C=O) groups is 6. The number of alkyl halides is 2. The molecule has 92 heavy (non-hydrogen) atoms. The van der Waals surface area contributed by atoms with Crippen LogP contribution in [0.4, 0.5) is 14.5 Å². The van der Waals surface area contributed by atoms with Gasteiger partial charge in [-0.1, -0.05) is 40.2 Å². The monoisotopic (exact) mass is 1280 g/mol. The van der Waals surface area contributed by atoms with Crippen LogP contribution in [-0.4, -0.2) is 197 Å². The number of nitriles is 1. The molecule has 5 amide bonds. The number of benzene rings is 3. The molecule has 6 aromatic rings. The smallest absolute Gasteiger partial charge is 0.336 e. The zero-order chi connectivity index (χ0) is 65.6. The Bertz CT molecular complexity index is 3900. The number of nitrogens with zero attached hydrogens (tertiary/aromatic N) is 11. The normalized spacial score (nSPS) is 16.1. The van der Waals surface area contributed by atoms with Crippen molar-refractivity contribution < 1.29 is 66.2 Å². The Morgan fingerprint density at radius 1 is 0.815 bits per heavy atom. The van der Waals surface area contributed by atoms with Gasteiger partial charge in [-0.05, 0) is 55.0 Å². The first kappa shape index (κ1) is 66.6. The van der Waals surface area contributed by atoms with Gasteiger partial charge < -0.3 is 55.1 Å². The minimum atomic E-state index is -3.21. The molecule has 26 nitrogen and oxygen atoms in total. The van der Waals surface area contributed by atoms with Crippen LogP contribution in [-0.2, 0) is 43.4 Å². The zero-order valence-electron chi connectivity index (χ0n) is 51.2. The fourth-order valence-electron chi connectivity index (χ4n) is 10.4. The predicted molar refractivity (Wildman–Crippen MR) is 330 cm³/mol. The van der Waals surface area contributed by atoms with Gasteiger partial charge in [0, 0.05) is 116 Å². The van der Waals surface area contributed by atoms with E-state index < -0.39 is 67.0 Å². The average molecular weight is 1290 g/mol. The van der Waals surface area contributed by atoms with Crippen LogP contribution in [0.25, 0.3) is 22.5 Å². The first-order valence-corrected chi connectivity index (χ1v) is 29.9. The van der Waals surface area contributed by atoms with Gasteiger partial charge in [0.15, 0.2) is 0 Å². The molecule has 1 fully saturated rings. The van der Waals surface area contributed by atoms with E-state index in [9.17, 15) is 47.9 Å². The molecule has 482 valence electrons. The van der Waals surface area contributed by atoms with Gasteiger partial charge in [0.25, 0.3) is 23.6 Å². The molecule has 5 heterocycles. The van der Waals surface area contributed by atoms with E-state index in [1.807, 2.05) is 87.1 Å². The Hall–Kier alpha value is -9.82. The number of aromatic nitrogens is 7. The molecule has 29 heteroatoms. The molecule has 9 rings (SSSR count). The third kappa shape index (κ3) is 16.8. The Morgan fingerprint density at radius 3 is 2.13 bits per heavy atom. The van der Waals surface area contributed by atoms with Crippen LogP contribution in [0.5, 0.6) is 5.75 Å². The zero-order valence-corrected chi connectivity index (χ0v) is 51.9. The highest BCUT2D eigenvalue weighted by Crippen LogP contribution is 2.49. The number of hydrogen-bond donors (Lipinski definition) is 5. The van der Waals surface area contributed by atoms with E-state index in [4.69, 9.17) is 30.5 Å². The predicted octanol–water partition coefficient (Wildman–Crippen LogP) is 4.75. The van der Waals surface area contributed by atoms with Crippen molar-refractivity contribution >= 4 is 58.5 Å². The Labute approximate surface area is 532 Å². The molecular weight excluding hydrogens is 1220 g/mol. The lowest BCUT2D eigenvalue weighted by molar-refractivity contribution is -0.462. The third-order valence-corrected chi connectivity index (χ3v) is 15.5. The SMILES string of the molecule is CCOCCn1cc(-c2cc(C(=O)NCCNC(=O)c3ccc(C4c5ccc(N(C)C)cc5OC5=CC(=[N+](C)C)C=CC54)c(C(=O)O)c3)cc(-c3cn(CCOCCOCCC(=O)NCc4cc(C(=O)NCC(=O)N5CC(F)(F)C[C@@H]5C#N)c(Cl)cn4)nn3)c2)nn1. The fourth-order valence-corrected chi connectivity index (χ4v) is 10.6. The number of fused-ring (bicyclic) bond motifs is 2. The number of hydrogen-bond acceptors (Lipinski definition) is 17. The van der Waals surface area contributed by atoms with Crippen molar-refractivity contribution in [2.24, 2.45) is 5.92 Å². The lowest BCUT2D eigenvalue weighted by Gasteiger charge is -2.36. The third-order valence-electron chi connectivity index (χ3n) is 15.2. The second-order valence-electron chi connectivity index (χ2n) is 22.1. The van der Waals surface area contributed by atoms with Crippen LogP contribution < -0.4 is 30.9 Å². The lowest BCUT2D eigenvalue weighted by Crippen LogP contribution is -2.43. The molecule has 2 aliphatic heterocycles. The second kappa shape index (κ2) is 30.3. The van der Waals surface area contributed by atoms with Crippen LogP contribution in [0.15, 0.2) is 103 Å². The molecule has 1 aliphatic carbocycles. The summed E-state index contributed by atoms with van der Waals surface area (Å²) in [7, 11) is 7.73. The largest absolute Gasteiger partial charge is 0.478 e. The van der Waals surface area contributed by atoms with Crippen molar-refractivity contribution in [2.45, 2.75) is 57.3 Å². The summed E-state index contributed by atoms with van der Waals surface area (Å²) >= 11 is 6.17. The van der Waals surface area contributed by atoms with Crippen molar-refractivity contribution in [2.75, 3.05) is 98.9 Å². The van der Waals surface area contributed by atoms with Crippen molar-refractivity contribution in [1.29, 1.82) is 5.26 Å². The number of ether oxygens (including phenoxy) is 4. The number of halogens is 3. The van der Waals surface area contributed by atoms with Gasteiger partial charge in [0.05, 0.1) is 106 Å².